The summed E-state index contributed by atoms with van der Waals surface area (Å²) in [6.07, 6.45) is 0. The summed E-state index contributed by atoms with van der Waals surface area (Å²) in [5.41, 5.74) is 1.81. The van der Waals surface area contributed by atoms with Gasteiger partial charge in [0.2, 0.25) is 0 Å². The van der Waals surface area contributed by atoms with Gasteiger partial charge < -0.3 is 25.2 Å². The molecule has 0 aromatic heterocycles. The molecular formula is C26H25ClN2O6. The highest BCUT2D eigenvalue weighted by molar-refractivity contribution is 6.37. The summed E-state index contributed by atoms with van der Waals surface area (Å²) in [4.78, 5) is 36.2. The van der Waals surface area contributed by atoms with Crippen LogP contribution in [0.15, 0.2) is 60.7 Å². The second-order valence-electron chi connectivity index (χ2n) is 7.67. The van der Waals surface area contributed by atoms with Crippen molar-refractivity contribution in [2.75, 3.05) is 11.9 Å². The maximum atomic E-state index is 12.8. The van der Waals surface area contributed by atoms with Crippen LogP contribution in [-0.2, 0) is 14.3 Å². The Bertz CT molecular complexity index is 1220. The van der Waals surface area contributed by atoms with E-state index in [1.165, 1.54) is 24.3 Å². The number of phenols is 1. The second kappa shape index (κ2) is 11.4. The molecule has 3 rings (SSSR count). The van der Waals surface area contributed by atoms with E-state index in [0.717, 1.165) is 5.56 Å². The lowest BCUT2D eigenvalue weighted by molar-refractivity contribution is -0.152. The summed E-state index contributed by atoms with van der Waals surface area (Å²) < 4.78 is 10.6. The summed E-state index contributed by atoms with van der Waals surface area (Å²) in [5.74, 6) is -2.03. The summed E-state index contributed by atoms with van der Waals surface area (Å²) in [6, 6.07) is 16.4. The highest BCUT2D eigenvalue weighted by atomic mass is 35.5. The molecule has 3 aromatic rings. The van der Waals surface area contributed by atoms with Gasteiger partial charge in [-0.3, -0.25) is 9.59 Å². The summed E-state index contributed by atoms with van der Waals surface area (Å²) in [5, 5.41) is 15.7. The molecule has 0 radical (unpaired) electrons. The van der Waals surface area contributed by atoms with Crippen LogP contribution in [0, 0.1) is 6.92 Å². The summed E-state index contributed by atoms with van der Waals surface area (Å²) in [6.45, 7) is 5.23. The van der Waals surface area contributed by atoms with Crippen LogP contribution in [0.25, 0.3) is 0 Å². The molecule has 0 spiro atoms. The Labute approximate surface area is 207 Å². The Morgan fingerprint density at radius 2 is 1.77 bits per heavy atom. The second-order valence-corrected chi connectivity index (χ2v) is 8.07. The van der Waals surface area contributed by atoms with Crippen LogP contribution in [0.1, 0.15) is 41.4 Å². The van der Waals surface area contributed by atoms with Crippen LogP contribution >= 0.6 is 11.6 Å². The van der Waals surface area contributed by atoms with Crippen LogP contribution in [0.5, 0.6) is 17.2 Å². The van der Waals surface area contributed by atoms with Gasteiger partial charge in [-0.15, -0.1) is 0 Å². The average Bonchev–Trinajstić information content (AvgIpc) is 2.83. The Hall–Kier alpha value is -4.04. The molecule has 8 nitrogen and oxygen atoms in total. The lowest BCUT2D eigenvalue weighted by Crippen LogP contribution is -2.26. The topological polar surface area (TPSA) is 114 Å². The molecule has 182 valence electrons. The highest BCUT2D eigenvalue weighted by Gasteiger charge is 2.19. The summed E-state index contributed by atoms with van der Waals surface area (Å²) in [7, 11) is 0. The van der Waals surface area contributed by atoms with Gasteiger partial charge in [0.15, 0.2) is 0 Å². The van der Waals surface area contributed by atoms with Crippen LogP contribution < -0.4 is 15.4 Å². The Kier molecular flexibility index (Phi) is 8.33. The fourth-order valence-electron chi connectivity index (χ4n) is 3.29. The van der Waals surface area contributed by atoms with Crippen LogP contribution in [0.3, 0.4) is 0 Å². The molecule has 0 aliphatic carbocycles. The first kappa shape index (κ1) is 25.6. The zero-order valence-corrected chi connectivity index (χ0v) is 20.2. The van der Waals surface area contributed by atoms with Crippen molar-refractivity contribution in [2.45, 2.75) is 26.8 Å². The van der Waals surface area contributed by atoms with E-state index in [1.54, 1.807) is 19.9 Å². The molecular weight excluding hydrogens is 472 g/mol. The van der Waals surface area contributed by atoms with Crippen molar-refractivity contribution in [3.8, 4) is 17.2 Å². The highest BCUT2D eigenvalue weighted by Crippen LogP contribution is 2.36. The molecule has 35 heavy (non-hydrogen) atoms. The number of aryl methyl sites for hydroxylation is 1. The Balaban J connectivity index is 1.77. The maximum absolute atomic E-state index is 12.8. The molecule has 0 aliphatic heterocycles. The monoisotopic (exact) mass is 496 g/mol. The first-order chi connectivity index (χ1) is 16.7. The van der Waals surface area contributed by atoms with Gasteiger partial charge in [0.05, 0.1) is 23.2 Å². The molecule has 0 aliphatic rings. The van der Waals surface area contributed by atoms with Gasteiger partial charge in [-0.2, -0.15) is 0 Å². The van der Waals surface area contributed by atoms with E-state index in [-0.39, 0.29) is 40.5 Å². The van der Waals surface area contributed by atoms with Crippen LogP contribution in [0.2, 0.25) is 5.02 Å². The van der Waals surface area contributed by atoms with Crippen LogP contribution in [-0.4, -0.2) is 29.5 Å². The van der Waals surface area contributed by atoms with Crippen molar-refractivity contribution in [3.05, 3.63) is 82.4 Å². The lowest BCUT2D eigenvalue weighted by atomic mass is 10.1. The Morgan fingerprint density at radius 3 is 2.43 bits per heavy atom. The number of aromatic hydroxyl groups is 1. The van der Waals surface area contributed by atoms with Gasteiger partial charge in [-0.25, -0.2) is 4.79 Å². The first-order valence-electron chi connectivity index (χ1n) is 10.8. The number of halogens is 1. The first-order valence-corrected chi connectivity index (χ1v) is 11.2. The molecule has 9 heteroatoms. The minimum Gasteiger partial charge on any atom is -0.507 e. The number of anilines is 1. The van der Waals surface area contributed by atoms with Gasteiger partial charge in [0, 0.05) is 5.69 Å². The van der Waals surface area contributed by atoms with Crippen molar-refractivity contribution in [1.82, 2.24) is 5.32 Å². The molecule has 0 saturated carbocycles. The van der Waals surface area contributed by atoms with Crippen molar-refractivity contribution < 1.29 is 29.0 Å². The van der Waals surface area contributed by atoms with E-state index in [4.69, 9.17) is 16.3 Å². The third-order valence-corrected chi connectivity index (χ3v) is 5.31. The van der Waals surface area contributed by atoms with Gasteiger partial charge in [0.1, 0.15) is 17.2 Å². The molecule has 1 atom stereocenters. The number of nitrogens with one attached hydrogen (secondary N) is 2. The van der Waals surface area contributed by atoms with Crippen LogP contribution in [0.4, 0.5) is 5.69 Å². The molecule has 3 aromatic carbocycles. The summed E-state index contributed by atoms with van der Waals surface area (Å²) >= 11 is 6.36. The average molecular weight is 497 g/mol. The third-order valence-electron chi connectivity index (χ3n) is 5.03. The smallest absolute Gasteiger partial charge is 0.397 e. The van der Waals surface area contributed by atoms with E-state index in [9.17, 15) is 19.5 Å². The van der Waals surface area contributed by atoms with Crippen molar-refractivity contribution in [3.63, 3.8) is 0 Å². The molecule has 0 saturated heterocycles. The number of hydrogen-bond acceptors (Lipinski definition) is 6. The minimum absolute atomic E-state index is 0.0392. The zero-order valence-electron chi connectivity index (χ0n) is 19.4. The SMILES string of the molecule is CCOC(=O)C(=O)Nc1cc(C)c(Oc2ccc(O)c(C(=O)NC(C)c3ccccc3)c2)c(Cl)c1. The molecule has 3 N–H and O–H groups in total. The van der Waals surface area contributed by atoms with Gasteiger partial charge >= 0.3 is 11.9 Å². The standard InChI is InChI=1S/C26H25ClN2O6/c1-4-34-26(33)25(32)29-18-12-15(2)23(21(27)13-18)35-19-10-11-22(30)20(14-19)24(31)28-16(3)17-8-6-5-7-9-17/h5-14,16,30H,4H2,1-3H3,(H,28,31)(H,29,32). The minimum atomic E-state index is -1.00. The van der Waals surface area contributed by atoms with Crippen molar-refractivity contribution >= 4 is 35.1 Å². The zero-order chi connectivity index (χ0) is 25.5. The maximum Gasteiger partial charge on any atom is 0.397 e. The molecule has 2 amide bonds. The molecule has 0 bridgehead atoms. The number of carbonyl (C=O) groups is 3. The van der Waals surface area contributed by atoms with Gasteiger partial charge in [0.25, 0.3) is 5.91 Å². The van der Waals surface area contributed by atoms with Crippen molar-refractivity contribution in [1.29, 1.82) is 0 Å². The van der Waals surface area contributed by atoms with Crippen molar-refractivity contribution in [2.24, 2.45) is 0 Å². The van der Waals surface area contributed by atoms with Gasteiger partial charge in [-0.1, -0.05) is 41.9 Å². The predicted molar refractivity (Wildman–Crippen MR) is 132 cm³/mol. The van der Waals surface area contributed by atoms with Gasteiger partial charge in [-0.05, 0) is 62.2 Å². The largest absolute Gasteiger partial charge is 0.507 e. The lowest BCUT2D eigenvalue weighted by Gasteiger charge is -2.16. The molecule has 0 fully saturated rings. The normalized spacial score (nSPS) is 11.3. The van der Waals surface area contributed by atoms with E-state index >= 15 is 0 Å². The predicted octanol–water partition coefficient (Wildman–Crippen LogP) is 5.14. The van der Waals surface area contributed by atoms with E-state index in [1.807, 2.05) is 37.3 Å². The fraction of sp³-hybridized carbons (Fsp3) is 0.192. The molecule has 1 unspecified atom stereocenters. The van der Waals surface area contributed by atoms with E-state index in [2.05, 4.69) is 15.4 Å². The number of phenolic OH excluding ortho intramolecular Hbond substituents is 1. The van der Waals surface area contributed by atoms with E-state index < -0.39 is 17.8 Å². The number of esters is 1. The van der Waals surface area contributed by atoms with E-state index in [0.29, 0.717) is 11.3 Å². The number of ether oxygens (including phenoxy) is 2. The number of carbonyl (C=O) groups excluding carboxylic acids is 3. The number of amides is 2. The molecule has 0 heterocycles. The number of rotatable bonds is 7. The number of hydrogen-bond donors (Lipinski definition) is 3. The fourth-order valence-corrected chi connectivity index (χ4v) is 3.59. The number of benzene rings is 3. The quantitative estimate of drug-likeness (QED) is 0.308. The third kappa shape index (κ3) is 6.51. The Morgan fingerprint density at radius 1 is 1.06 bits per heavy atom.